The highest BCUT2D eigenvalue weighted by atomic mass is 16.5. The minimum atomic E-state index is 0.277. The second kappa shape index (κ2) is 6.53. The number of nitrogens with one attached hydrogen (secondary N) is 1. The summed E-state index contributed by atoms with van der Waals surface area (Å²) in [6, 6.07) is 6.74. The Balaban J connectivity index is 1.99. The van der Waals surface area contributed by atoms with Crippen molar-refractivity contribution in [2.24, 2.45) is 11.8 Å². The fourth-order valence-corrected chi connectivity index (χ4v) is 2.71. The van der Waals surface area contributed by atoms with Gasteiger partial charge in [0, 0.05) is 19.1 Å². The van der Waals surface area contributed by atoms with Crippen molar-refractivity contribution in [3.8, 4) is 0 Å². The van der Waals surface area contributed by atoms with Crippen LogP contribution in [0.2, 0.25) is 0 Å². The maximum atomic E-state index is 5.96. The third-order valence-electron chi connectivity index (χ3n) is 4.03. The lowest BCUT2D eigenvalue weighted by molar-refractivity contribution is 0.0903. The van der Waals surface area contributed by atoms with Crippen LogP contribution in [0.5, 0.6) is 0 Å². The van der Waals surface area contributed by atoms with E-state index < -0.39 is 0 Å². The molecule has 1 N–H and O–H groups in total. The Morgan fingerprint density at radius 1 is 1.26 bits per heavy atom. The van der Waals surface area contributed by atoms with Gasteiger partial charge in [0.25, 0.3) is 0 Å². The normalized spacial score (nSPS) is 23.2. The van der Waals surface area contributed by atoms with E-state index in [0.717, 1.165) is 19.7 Å². The molecule has 0 aromatic heterocycles. The van der Waals surface area contributed by atoms with Crippen LogP contribution in [-0.2, 0) is 4.74 Å². The lowest BCUT2D eigenvalue weighted by Crippen LogP contribution is -2.28. The van der Waals surface area contributed by atoms with Gasteiger partial charge < -0.3 is 10.1 Å². The highest BCUT2D eigenvalue weighted by molar-refractivity contribution is 5.31. The van der Waals surface area contributed by atoms with Crippen molar-refractivity contribution < 1.29 is 4.74 Å². The van der Waals surface area contributed by atoms with E-state index in [2.05, 4.69) is 51.2 Å². The molecule has 1 fully saturated rings. The van der Waals surface area contributed by atoms with Gasteiger partial charge in [-0.15, -0.1) is 0 Å². The molecule has 1 saturated heterocycles. The van der Waals surface area contributed by atoms with Gasteiger partial charge in [-0.05, 0) is 49.4 Å². The van der Waals surface area contributed by atoms with Crippen molar-refractivity contribution in [1.82, 2.24) is 5.32 Å². The van der Waals surface area contributed by atoms with Crippen LogP contribution in [-0.4, -0.2) is 19.7 Å². The molecule has 1 aliphatic rings. The van der Waals surface area contributed by atoms with Crippen molar-refractivity contribution in [1.29, 1.82) is 0 Å². The molecule has 1 heterocycles. The van der Waals surface area contributed by atoms with Gasteiger partial charge in [0.2, 0.25) is 0 Å². The fourth-order valence-electron chi connectivity index (χ4n) is 2.71. The van der Waals surface area contributed by atoms with Gasteiger partial charge in [-0.25, -0.2) is 0 Å². The molecule has 106 valence electrons. The van der Waals surface area contributed by atoms with Crippen LogP contribution in [0.15, 0.2) is 18.2 Å². The molecule has 1 aliphatic heterocycles. The summed E-state index contributed by atoms with van der Waals surface area (Å²) in [5, 5.41) is 3.57. The van der Waals surface area contributed by atoms with Crippen LogP contribution < -0.4 is 5.32 Å². The molecule has 19 heavy (non-hydrogen) atoms. The minimum absolute atomic E-state index is 0.277. The number of rotatable bonds is 5. The number of benzene rings is 1. The van der Waals surface area contributed by atoms with Gasteiger partial charge in [0.15, 0.2) is 0 Å². The first kappa shape index (κ1) is 14.5. The van der Waals surface area contributed by atoms with E-state index in [4.69, 9.17) is 4.74 Å². The maximum absolute atomic E-state index is 5.96. The van der Waals surface area contributed by atoms with Crippen LogP contribution in [0.3, 0.4) is 0 Å². The average molecular weight is 261 g/mol. The average Bonchev–Trinajstić information content (AvgIpc) is 2.80. The van der Waals surface area contributed by atoms with Gasteiger partial charge in [-0.3, -0.25) is 0 Å². The highest BCUT2D eigenvalue weighted by Gasteiger charge is 2.29. The third kappa shape index (κ3) is 3.80. The summed E-state index contributed by atoms with van der Waals surface area (Å²) in [6.45, 7) is 11.9. The lowest BCUT2D eigenvalue weighted by atomic mass is 9.93. The Hall–Kier alpha value is -0.860. The van der Waals surface area contributed by atoms with Crippen molar-refractivity contribution in [2.75, 3.05) is 19.7 Å². The number of aryl methyl sites for hydroxylation is 2. The molecule has 2 heteroatoms. The zero-order valence-electron chi connectivity index (χ0n) is 12.7. The fraction of sp³-hybridized carbons (Fsp3) is 0.647. The van der Waals surface area contributed by atoms with Crippen molar-refractivity contribution >= 4 is 0 Å². The zero-order chi connectivity index (χ0) is 13.8. The summed E-state index contributed by atoms with van der Waals surface area (Å²) in [4.78, 5) is 0. The molecule has 0 aliphatic carbocycles. The molecule has 0 saturated carbocycles. The first-order chi connectivity index (χ1) is 9.08. The van der Waals surface area contributed by atoms with Crippen LogP contribution in [0, 0.1) is 25.7 Å². The number of ether oxygens (including phenoxy) is 1. The zero-order valence-corrected chi connectivity index (χ0v) is 12.7. The van der Waals surface area contributed by atoms with Gasteiger partial charge in [-0.2, -0.15) is 0 Å². The van der Waals surface area contributed by atoms with Crippen LogP contribution in [0.4, 0.5) is 0 Å². The van der Waals surface area contributed by atoms with E-state index in [0.29, 0.717) is 11.8 Å². The first-order valence-corrected chi connectivity index (χ1v) is 7.47. The molecule has 2 atom stereocenters. The van der Waals surface area contributed by atoms with Gasteiger partial charge in [0.05, 0.1) is 6.10 Å². The van der Waals surface area contributed by atoms with E-state index in [1.54, 1.807) is 0 Å². The molecule has 2 unspecified atom stereocenters. The standard InChI is InChI=1S/C17H27NO/c1-12(2)10-18-11-16-7-8-19-17(16)15-6-5-13(3)14(4)9-15/h5-6,9,12,16-18H,7-8,10-11H2,1-4H3. The van der Waals surface area contributed by atoms with Gasteiger partial charge >= 0.3 is 0 Å². The predicted molar refractivity (Wildman–Crippen MR) is 80.4 cm³/mol. The Morgan fingerprint density at radius 3 is 2.74 bits per heavy atom. The van der Waals surface area contributed by atoms with Crippen molar-refractivity contribution in [2.45, 2.75) is 40.2 Å². The summed E-state index contributed by atoms with van der Waals surface area (Å²) >= 11 is 0. The van der Waals surface area contributed by atoms with Crippen LogP contribution in [0.1, 0.15) is 43.1 Å². The van der Waals surface area contributed by atoms with Crippen molar-refractivity contribution in [3.63, 3.8) is 0 Å². The molecule has 1 aromatic carbocycles. The van der Waals surface area contributed by atoms with Gasteiger partial charge in [-0.1, -0.05) is 32.0 Å². The largest absolute Gasteiger partial charge is 0.373 e. The molecule has 0 spiro atoms. The second-order valence-electron chi connectivity index (χ2n) is 6.24. The molecule has 2 rings (SSSR count). The summed E-state index contributed by atoms with van der Waals surface area (Å²) in [5.41, 5.74) is 4.06. The van der Waals surface area contributed by atoms with Gasteiger partial charge in [0.1, 0.15) is 0 Å². The third-order valence-corrected chi connectivity index (χ3v) is 4.03. The van der Waals surface area contributed by atoms with Crippen LogP contribution in [0.25, 0.3) is 0 Å². The predicted octanol–water partition coefficient (Wildman–Crippen LogP) is 3.63. The Labute approximate surface area is 117 Å². The molecular formula is C17H27NO. The van der Waals surface area contributed by atoms with E-state index >= 15 is 0 Å². The quantitative estimate of drug-likeness (QED) is 0.874. The summed E-state index contributed by atoms with van der Waals surface area (Å²) in [7, 11) is 0. The second-order valence-corrected chi connectivity index (χ2v) is 6.24. The smallest absolute Gasteiger partial charge is 0.0866 e. The number of hydrogen-bond acceptors (Lipinski definition) is 2. The minimum Gasteiger partial charge on any atom is -0.373 e. The first-order valence-electron chi connectivity index (χ1n) is 7.47. The highest BCUT2D eigenvalue weighted by Crippen LogP contribution is 2.34. The Bertz CT molecular complexity index is 414. The SMILES string of the molecule is Cc1ccc(C2OCCC2CNCC(C)C)cc1C. The van der Waals surface area contributed by atoms with Crippen molar-refractivity contribution in [3.05, 3.63) is 34.9 Å². The molecular weight excluding hydrogens is 234 g/mol. The summed E-state index contributed by atoms with van der Waals surface area (Å²) in [6.07, 6.45) is 1.45. The summed E-state index contributed by atoms with van der Waals surface area (Å²) in [5.74, 6) is 1.32. The van der Waals surface area contributed by atoms with E-state index in [9.17, 15) is 0 Å². The maximum Gasteiger partial charge on any atom is 0.0866 e. The molecule has 2 nitrogen and oxygen atoms in total. The molecule has 0 bridgehead atoms. The van der Waals surface area contributed by atoms with E-state index in [1.807, 2.05) is 0 Å². The lowest BCUT2D eigenvalue weighted by Gasteiger charge is -2.21. The number of hydrogen-bond donors (Lipinski definition) is 1. The summed E-state index contributed by atoms with van der Waals surface area (Å²) < 4.78 is 5.96. The molecule has 0 amide bonds. The van der Waals surface area contributed by atoms with Crippen LogP contribution >= 0.6 is 0 Å². The molecule has 0 radical (unpaired) electrons. The topological polar surface area (TPSA) is 21.3 Å². The Kier molecular flexibility index (Phi) is 5.00. The Morgan fingerprint density at radius 2 is 2.05 bits per heavy atom. The van der Waals surface area contributed by atoms with E-state index in [-0.39, 0.29) is 6.10 Å². The molecule has 1 aromatic rings. The van der Waals surface area contributed by atoms with E-state index in [1.165, 1.54) is 23.1 Å². The monoisotopic (exact) mass is 261 g/mol.